The van der Waals surface area contributed by atoms with Crippen molar-refractivity contribution in [1.29, 1.82) is 0 Å². The van der Waals surface area contributed by atoms with Crippen molar-refractivity contribution in [2.45, 2.75) is 47.1 Å². The zero-order valence-electron chi connectivity index (χ0n) is 13.9. The van der Waals surface area contributed by atoms with Gasteiger partial charge in [0.2, 0.25) is 5.91 Å². The van der Waals surface area contributed by atoms with Gasteiger partial charge in [-0.05, 0) is 44.0 Å². The third kappa shape index (κ3) is 4.74. The number of hydrogen-bond acceptors (Lipinski definition) is 3. The maximum Gasteiger partial charge on any atom is 0.241 e. The van der Waals surface area contributed by atoms with E-state index in [0.717, 1.165) is 30.8 Å². The van der Waals surface area contributed by atoms with Gasteiger partial charge in [0.25, 0.3) is 0 Å². The number of nitrogen functional groups attached to an aromatic ring is 1. The molecule has 1 aromatic carbocycles. The van der Waals surface area contributed by atoms with E-state index < -0.39 is 0 Å². The van der Waals surface area contributed by atoms with Crippen LogP contribution in [0.3, 0.4) is 0 Å². The van der Waals surface area contributed by atoms with Crippen LogP contribution in [0.15, 0.2) is 18.2 Å². The molecule has 0 aromatic heterocycles. The zero-order chi connectivity index (χ0) is 16.0. The normalized spacial score (nSPS) is 14.0. The predicted octanol–water partition coefficient (Wildman–Crippen LogP) is 3.27. The smallest absolute Gasteiger partial charge is 0.241 e. The van der Waals surface area contributed by atoms with Crippen molar-refractivity contribution in [3.63, 3.8) is 0 Å². The summed E-state index contributed by atoms with van der Waals surface area (Å²) in [7, 11) is 0. The third-order valence-corrected chi connectivity index (χ3v) is 4.21. The Kier molecular flexibility index (Phi) is 6.69. The minimum atomic E-state index is -0.148. The summed E-state index contributed by atoms with van der Waals surface area (Å²) in [5, 5.41) is 3.00. The van der Waals surface area contributed by atoms with Gasteiger partial charge in [-0.25, -0.2) is 0 Å². The number of nitrogens with one attached hydrogen (secondary N) is 1. The second-order valence-corrected chi connectivity index (χ2v) is 5.79. The lowest BCUT2D eigenvalue weighted by atomic mass is 10.1. The summed E-state index contributed by atoms with van der Waals surface area (Å²) in [6.45, 7) is 12.2. The van der Waals surface area contributed by atoms with Crippen LogP contribution in [0.1, 0.15) is 39.7 Å². The van der Waals surface area contributed by atoms with Crippen LogP contribution in [0.25, 0.3) is 0 Å². The lowest BCUT2D eigenvalue weighted by Gasteiger charge is -2.29. The van der Waals surface area contributed by atoms with Gasteiger partial charge in [0, 0.05) is 17.9 Å². The van der Waals surface area contributed by atoms with Crippen LogP contribution in [0.4, 0.5) is 11.4 Å². The molecular formula is C17H29N3O. The van der Waals surface area contributed by atoms with E-state index in [1.807, 2.05) is 32.0 Å². The fraction of sp³-hybridized carbons (Fsp3) is 0.588. The van der Waals surface area contributed by atoms with E-state index in [9.17, 15) is 4.79 Å². The Morgan fingerprint density at radius 1 is 1.33 bits per heavy atom. The van der Waals surface area contributed by atoms with Gasteiger partial charge in [-0.2, -0.15) is 0 Å². The summed E-state index contributed by atoms with van der Waals surface area (Å²) < 4.78 is 0. The summed E-state index contributed by atoms with van der Waals surface area (Å²) in [5.41, 5.74) is 8.30. The number of anilines is 2. The fourth-order valence-electron chi connectivity index (χ4n) is 2.28. The van der Waals surface area contributed by atoms with Gasteiger partial charge in [0.1, 0.15) is 0 Å². The van der Waals surface area contributed by atoms with Crippen molar-refractivity contribution in [1.82, 2.24) is 4.90 Å². The molecule has 2 atom stereocenters. The Bertz CT molecular complexity index is 473. The Morgan fingerprint density at radius 3 is 2.57 bits per heavy atom. The average molecular weight is 291 g/mol. The van der Waals surface area contributed by atoms with Crippen LogP contribution < -0.4 is 11.1 Å². The number of benzene rings is 1. The molecule has 0 bridgehead atoms. The van der Waals surface area contributed by atoms with Crippen molar-refractivity contribution in [3.8, 4) is 0 Å². The summed E-state index contributed by atoms with van der Waals surface area (Å²) in [5.74, 6) is 0.614. The van der Waals surface area contributed by atoms with Crippen molar-refractivity contribution >= 4 is 17.3 Å². The Hall–Kier alpha value is -1.55. The molecule has 4 heteroatoms. The first kappa shape index (κ1) is 17.5. The predicted molar refractivity (Wildman–Crippen MR) is 90.4 cm³/mol. The number of hydrogen-bond donors (Lipinski definition) is 2. The Morgan fingerprint density at radius 2 is 2.00 bits per heavy atom. The summed E-state index contributed by atoms with van der Waals surface area (Å²) >= 11 is 0. The molecule has 0 spiro atoms. The average Bonchev–Trinajstić information content (AvgIpc) is 2.48. The maximum absolute atomic E-state index is 12.5. The number of amides is 1. The van der Waals surface area contributed by atoms with E-state index in [1.54, 1.807) is 0 Å². The molecule has 1 aromatic rings. The first-order valence-corrected chi connectivity index (χ1v) is 7.80. The highest BCUT2D eigenvalue weighted by Gasteiger charge is 2.21. The number of nitrogens with two attached hydrogens (primary N) is 1. The molecular weight excluding hydrogens is 262 g/mol. The SMILES string of the molecule is CCC(C)CN(CC)C(C)C(=O)Nc1cccc(N)c1C. The molecule has 21 heavy (non-hydrogen) atoms. The van der Waals surface area contributed by atoms with Gasteiger partial charge in [-0.15, -0.1) is 0 Å². The molecule has 0 aliphatic heterocycles. The molecule has 0 saturated heterocycles. The molecule has 0 radical (unpaired) electrons. The molecule has 0 aliphatic carbocycles. The third-order valence-electron chi connectivity index (χ3n) is 4.21. The quantitative estimate of drug-likeness (QED) is 0.758. The molecule has 2 unspecified atom stereocenters. The lowest BCUT2D eigenvalue weighted by Crippen LogP contribution is -2.44. The van der Waals surface area contributed by atoms with Gasteiger partial charge in [-0.3, -0.25) is 9.69 Å². The molecule has 0 aliphatic rings. The minimum Gasteiger partial charge on any atom is -0.398 e. The lowest BCUT2D eigenvalue weighted by molar-refractivity contribution is -0.120. The zero-order valence-corrected chi connectivity index (χ0v) is 13.9. The van der Waals surface area contributed by atoms with E-state index in [4.69, 9.17) is 5.73 Å². The van der Waals surface area contributed by atoms with E-state index in [0.29, 0.717) is 11.6 Å². The van der Waals surface area contributed by atoms with Crippen molar-refractivity contribution < 1.29 is 4.79 Å². The first-order valence-electron chi connectivity index (χ1n) is 7.80. The van der Waals surface area contributed by atoms with Crippen LogP contribution in [0.5, 0.6) is 0 Å². The Balaban J connectivity index is 2.75. The standard InChI is InChI=1S/C17H29N3O/c1-6-12(3)11-20(7-2)14(5)17(21)19-16-10-8-9-15(18)13(16)4/h8-10,12,14H,6-7,11,18H2,1-5H3,(H,19,21). The van der Waals surface area contributed by atoms with Crippen LogP contribution >= 0.6 is 0 Å². The summed E-state index contributed by atoms with van der Waals surface area (Å²) in [4.78, 5) is 14.7. The van der Waals surface area contributed by atoms with Crippen LogP contribution in [0, 0.1) is 12.8 Å². The van der Waals surface area contributed by atoms with Gasteiger partial charge in [0.05, 0.1) is 6.04 Å². The fourth-order valence-corrected chi connectivity index (χ4v) is 2.28. The number of likely N-dealkylation sites (N-methyl/N-ethyl adjacent to an activating group) is 1. The second kappa shape index (κ2) is 8.03. The van der Waals surface area contributed by atoms with E-state index in [2.05, 4.69) is 31.0 Å². The van der Waals surface area contributed by atoms with Gasteiger partial charge in [0.15, 0.2) is 0 Å². The number of carbonyl (C=O) groups excluding carboxylic acids is 1. The topological polar surface area (TPSA) is 58.4 Å². The van der Waals surface area contributed by atoms with Crippen LogP contribution in [-0.4, -0.2) is 29.9 Å². The van der Waals surface area contributed by atoms with E-state index in [-0.39, 0.29) is 11.9 Å². The Labute approximate surface area is 128 Å². The molecule has 0 heterocycles. The van der Waals surface area contributed by atoms with Gasteiger partial charge >= 0.3 is 0 Å². The maximum atomic E-state index is 12.5. The molecule has 1 rings (SSSR count). The molecule has 0 saturated carbocycles. The van der Waals surface area contributed by atoms with Crippen molar-refractivity contribution in [2.75, 3.05) is 24.1 Å². The van der Waals surface area contributed by atoms with E-state index >= 15 is 0 Å². The summed E-state index contributed by atoms with van der Waals surface area (Å²) in [6, 6.07) is 5.45. The van der Waals surface area contributed by atoms with Crippen molar-refractivity contribution in [3.05, 3.63) is 23.8 Å². The van der Waals surface area contributed by atoms with Gasteiger partial charge < -0.3 is 11.1 Å². The molecule has 118 valence electrons. The van der Waals surface area contributed by atoms with Gasteiger partial charge in [-0.1, -0.05) is 33.3 Å². The van der Waals surface area contributed by atoms with Crippen molar-refractivity contribution in [2.24, 2.45) is 5.92 Å². The molecule has 3 N–H and O–H groups in total. The molecule has 0 fully saturated rings. The highest BCUT2D eigenvalue weighted by Crippen LogP contribution is 2.21. The van der Waals surface area contributed by atoms with E-state index in [1.165, 1.54) is 0 Å². The monoisotopic (exact) mass is 291 g/mol. The largest absolute Gasteiger partial charge is 0.398 e. The summed E-state index contributed by atoms with van der Waals surface area (Å²) in [6.07, 6.45) is 1.12. The van der Waals surface area contributed by atoms with Crippen LogP contribution in [-0.2, 0) is 4.79 Å². The first-order chi connectivity index (χ1) is 9.90. The number of rotatable bonds is 7. The minimum absolute atomic E-state index is 0.0221. The highest BCUT2D eigenvalue weighted by atomic mass is 16.2. The van der Waals surface area contributed by atoms with Crippen LogP contribution in [0.2, 0.25) is 0 Å². The molecule has 1 amide bonds. The second-order valence-electron chi connectivity index (χ2n) is 5.79. The number of carbonyl (C=O) groups is 1. The number of nitrogens with zero attached hydrogens (tertiary/aromatic N) is 1. The highest BCUT2D eigenvalue weighted by molar-refractivity contribution is 5.95. The molecule has 4 nitrogen and oxygen atoms in total.